The van der Waals surface area contributed by atoms with Crippen LogP contribution in [0.15, 0.2) is 121 Å². The summed E-state index contributed by atoms with van der Waals surface area (Å²) in [5.41, 5.74) is 5.12. The lowest BCUT2D eigenvalue weighted by Gasteiger charge is -2.27. The molecule has 4 aromatic rings. The Hall–Kier alpha value is -3.20. The van der Waals surface area contributed by atoms with E-state index in [2.05, 4.69) is 139 Å². The van der Waals surface area contributed by atoms with Crippen LogP contribution < -0.4 is 10.6 Å². The van der Waals surface area contributed by atoms with Gasteiger partial charge in [-0.3, -0.25) is 0 Å². The molecule has 0 bridgehead atoms. The summed E-state index contributed by atoms with van der Waals surface area (Å²) >= 11 is 0. The van der Waals surface area contributed by atoms with Gasteiger partial charge < -0.3 is 10.6 Å². The van der Waals surface area contributed by atoms with Crippen molar-refractivity contribution in [3.8, 4) is 0 Å². The van der Waals surface area contributed by atoms with Crippen LogP contribution in [0.25, 0.3) is 0 Å². The van der Waals surface area contributed by atoms with Gasteiger partial charge in [0.05, 0.1) is 12.1 Å². The van der Waals surface area contributed by atoms with Crippen molar-refractivity contribution < 1.29 is 0 Å². The molecule has 31 heavy (non-hydrogen) atoms. The lowest BCUT2D eigenvalue weighted by molar-refractivity contribution is 0.450. The standard InChI is InChI=1S/C29H30N2/c1-23(31-29(26-18-10-4-11-19-26)27-20-12-5-13-21-27)22-30-28(24-14-6-2-7-15-24)25-16-8-3-9-17-25/h2-21,23,28-31H,22H2,1H3. The minimum atomic E-state index is 0.158. The molecule has 2 heteroatoms. The summed E-state index contributed by atoms with van der Waals surface area (Å²) in [6.45, 7) is 3.10. The molecule has 0 aliphatic carbocycles. The van der Waals surface area contributed by atoms with Crippen LogP contribution in [0.1, 0.15) is 41.3 Å². The van der Waals surface area contributed by atoms with Crippen LogP contribution in [0, 0.1) is 0 Å². The number of hydrogen-bond acceptors (Lipinski definition) is 2. The highest BCUT2D eigenvalue weighted by atomic mass is 15.0. The summed E-state index contributed by atoms with van der Waals surface area (Å²) in [7, 11) is 0. The van der Waals surface area contributed by atoms with E-state index in [4.69, 9.17) is 0 Å². The van der Waals surface area contributed by atoms with Gasteiger partial charge in [0.15, 0.2) is 0 Å². The van der Waals surface area contributed by atoms with E-state index in [1.165, 1.54) is 22.3 Å². The van der Waals surface area contributed by atoms with Crippen LogP contribution in [-0.4, -0.2) is 12.6 Å². The van der Waals surface area contributed by atoms with Crippen LogP contribution in [-0.2, 0) is 0 Å². The fourth-order valence-corrected chi connectivity index (χ4v) is 4.03. The van der Waals surface area contributed by atoms with Crippen LogP contribution in [0.3, 0.4) is 0 Å². The molecule has 0 spiro atoms. The van der Waals surface area contributed by atoms with E-state index in [1.807, 2.05) is 0 Å². The topological polar surface area (TPSA) is 24.1 Å². The van der Waals surface area contributed by atoms with E-state index in [0.29, 0.717) is 0 Å². The first-order valence-corrected chi connectivity index (χ1v) is 11.0. The zero-order valence-electron chi connectivity index (χ0n) is 18.0. The van der Waals surface area contributed by atoms with Crippen molar-refractivity contribution in [3.05, 3.63) is 144 Å². The van der Waals surface area contributed by atoms with Gasteiger partial charge in [0.2, 0.25) is 0 Å². The second-order valence-electron chi connectivity index (χ2n) is 7.98. The Kier molecular flexibility index (Phi) is 7.28. The number of rotatable bonds is 9. The predicted octanol–water partition coefficient (Wildman–Crippen LogP) is 6.13. The number of benzene rings is 4. The highest BCUT2D eigenvalue weighted by molar-refractivity contribution is 5.33. The van der Waals surface area contributed by atoms with Gasteiger partial charge in [-0.2, -0.15) is 0 Å². The van der Waals surface area contributed by atoms with Crippen molar-refractivity contribution in [2.24, 2.45) is 0 Å². The van der Waals surface area contributed by atoms with Crippen molar-refractivity contribution in [2.45, 2.75) is 25.0 Å². The summed E-state index contributed by atoms with van der Waals surface area (Å²) < 4.78 is 0. The largest absolute Gasteiger partial charge is 0.305 e. The van der Waals surface area contributed by atoms with Crippen molar-refractivity contribution in [3.63, 3.8) is 0 Å². The van der Waals surface area contributed by atoms with Crippen LogP contribution in [0.2, 0.25) is 0 Å². The third-order valence-corrected chi connectivity index (χ3v) is 5.61. The summed E-state index contributed by atoms with van der Waals surface area (Å²) in [5, 5.41) is 7.64. The van der Waals surface area contributed by atoms with Gasteiger partial charge in [0, 0.05) is 12.6 Å². The van der Waals surface area contributed by atoms with E-state index < -0.39 is 0 Å². The molecular weight excluding hydrogens is 376 g/mol. The van der Waals surface area contributed by atoms with Crippen molar-refractivity contribution in [2.75, 3.05) is 6.54 Å². The molecule has 4 aromatic carbocycles. The average Bonchev–Trinajstić information content (AvgIpc) is 2.85. The minimum Gasteiger partial charge on any atom is -0.305 e. The number of hydrogen-bond donors (Lipinski definition) is 2. The van der Waals surface area contributed by atoms with Gasteiger partial charge in [0.1, 0.15) is 0 Å². The highest BCUT2D eigenvalue weighted by Gasteiger charge is 2.18. The molecule has 0 aromatic heterocycles. The smallest absolute Gasteiger partial charge is 0.0579 e. The molecule has 0 saturated carbocycles. The first-order chi connectivity index (χ1) is 15.3. The molecule has 0 amide bonds. The third-order valence-electron chi connectivity index (χ3n) is 5.61. The molecule has 4 rings (SSSR count). The summed E-state index contributed by atoms with van der Waals surface area (Å²) in [6.07, 6.45) is 0. The van der Waals surface area contributed by atoms with Crippen molar-refractivity contribution in [1.29, 1.82) is 0 Å². The molecule has 0 aliphatic rings. The zero-order chi connectivity index (χ0) is 21.3. The molecule has 0 heterocycles. The molecule has 156 valence electrons. The quantitative estimate of drug-likeness (QED) is 0.349. The maximum Gasteiger partial charge on any atom is 0.0579 e. The highest BCUT2D eigenvalue weighted by Crippen LogP contribution is 2.24. The maximum absolute atomic E-state index is 3.85. The van der Waals surface area contributed by atoms with Gasteiger partial charge >= 0.3 is 0 Å². The first-order valence-electron chi connectivity index (χ1n) is 11.0. The molecular formula is C29H30N2. The van der Waals surface area contributed by atoms with Crippen LogP contribution in [0.5, 0.6) is 0 Å². The van der Waals surface area contributed by atoms with Gasteiger partial charge in [0.25, 0.3) is 0 Å². The van der Waals surface area contributed by atoms with E-state index in [-0.39, 0.29) is 18.1 Å². The Bertz CT molecular complexity index is 938. The molecule has 1 unspecified atom stereocenters. The Morgan fingerprint density at radius 2 is 0.806 bits per heavy atom. The average molecular weight is 407 g/mol. The van der Waals surface area contributed by atoms with Gasteiger partial charge in [-0.15, -0.1) is 0 Å². The van der Waals surface area contributed by atoms with Gasteiger partial charge in [-0.1, -0.05) is 121 Å². The Labute approximate surface area is 186 Å². The van der Waals surface area contributed by atoms with Crippen molar-refractivity contribution in [1.82, 2.24) is 10.6 Å². The summed E-state index contributed by atoms with van der Waals surface area (Å²) in [6, 6.07) is 43.3. The van der Waals surface area contributed by atoms with Gasteiger partial charge in [-0.05, 0) is 29.2 Å². The monoisotopic (exact) mass is 406 g/mol. The Morgan fingerprint density at radius 1 is 0.484 bits per heavy atom. The lowest BCUT2D eigenvalue weighted by atomic mass is 9.97. The second-order valence-corrected chi connectivity index (χ2v) is 7.98. The molecule has 2 N–H and O–H groups in total. The first kappa shape index (κ1) is 21.0. The van der Waals surface area contributed by atoms with E-state index >= 15 is 0 Å². The molecule has 0 radical (unpaired) electrons. The zero-order valence-corrected chi connectivity index (χ0v) is 18.0. The number of nitrogens with one attached hydrogen (secondary N) is 2. The SMILES string of the molecule is CC(CNC(c1ccccc1)c1ccccc1)NC(c1ccccc1)c1ccccc1. The maximum atomic E-state index is 3.85. The molecule has 0 fully saturated rings. The van der Waals surface area contributed by atoms with Gasteiger partial charge in [-0.25, -0.2) is 0 Å². The van der Waals surface area contributed by atoms with E-state index in [1.54, 1.807) is 0 Å². The summed E-state index contributed by atoms with van der Waals surface area (Å²) in [4.78, 5) is 0. The van der Waals surface area contributed by atoms with Crippen molar-refractivity contribution >= 4 is 0 Å². The van der Waals surface area contributed by atoms with E-state index in [9.17, 15) is 0 Å². The Morgan fingerprint density at radius 3 is 1.16 bits per heavy atom. The second kappa shape index (κ2) is 10.7. The van der Waals surface area contributed by atoms with Crippen LogP contribution in [0.4, 0.5) is 0 Å². The lowest BCUT2D eigenvalue weighted by Crippen LogP contribution is -2.40. The fraction of sp³-hybridized carbons (Fsp3) is 0.172. The third kappa shape index (κ3) is 5.69. The Balaban J connectivity index is 1.50. The van der Waals surface area contributed by atoms with Crippen LogP contribution >= 0.6 is 0 Å². The molecule has 1 atom stereocenters. The molecule has 2 nitrogen and oxygen atoms in total. The normalized spacial score (nSPS) is 12.2. The molecule has 0 aliphatic heterocycles. The fourth-order valence-electron chi connectivity index (χ4n) is 4.03. The summed E-state index contributed by atoms with van der Waals surface area (Å²) in [5.74, 6) is 0. The predicted molar refractivity (Wildman–Crippen MR) is 130 cm³/mol. The minimum absolute atomic E-state index is 0.158. The van der Waals surface area contributed by atoms with E-state index in [0.717, 1.165) is 6.54 Å². The molecule has 0 saturated heterocycles.